The Labute approximate surface area is 279 Å². The molecule has 0 aliphatic heterocycles. The van der Waals surface area contributed by atoms with Gasteiger partial charge in [-0.3, -0.25) is 0 Å². The molecular formula is C42H43N5. The summed E-state index contributed by atoms with van der Waals surface area (Å²) >= 11 is 0. The van der Waals surface area contributed by atoms with Crippen molar-refractivity contribution >= 4 is 45.5 Å². The Morgan fingerprint density at radius 2 is 1.21 bits per heavy atom. The lowest BCUT2D eigenvalue weighted by Crippen LogP contribution is -2.22. The molecule has 236 valence electrons. The molecule has 0 saturated carbocycles. The standard InChI is InChI=1S/C42H43N5/c1-5-46(6-2)35-24-22-34(23-25-35)43-40-28-31(4)42(38-21-15-14-20-37(38)40)45-39-27-26-36(29-41(39)44-33-18-12-9-13-19-33)47(7-3)30-32-16-10-8-11-17-32/h8-29,44H,5-7,30H2,1-4H3. The van der Waals surface area contributed by atoms with Crippen molar-refractivity contribution in [3.05, 3.63) is 156 Å². The van der Waals surface area contributed by atoms with E-state index in [2.05, 4.69) is 158 Å². The van der Waals surface area contributed by atoms with Crippen molar-refractivity contribution in [3.63, 3.8) is 0 Å². The monoisotopic (exact) mass is 617 g/mol. The Morgan fingerprint density at radius 1 is 0.596 bits per heavy atom. The summed E-state index contributed by atoms with van der Waals surface area (Å²) in [4.78, 5) is 15.2. The van der Waals surface area contributed by atoms with Gasteiger partial charge in [-0.05, 0) is 99.5 Å². The molecular weight excluding hydrogens is 574 g/mol. The minimum Gasteiger partial charge on any atom is -0.372 e. The van der Waals surface area contributed by atoms with Gasteiger partial charge >= 0.3 is 0 Å². The van der Waals surface area contributed by atoms with E-state index in [1.165, 1.54) is 11.3 Å². The normalized spacial score (nSPS) is 14.1. The molecule has 1 N–H and O–H groups in total. The first-order valence-electron chi connectivity index (χ1n) is 16.6. The quantitative estimate of drug-likeness (QED) is 0.160. The number of para-hydroxylation sites is 1. The molecule has 5 aromatic carbocycles. The molecule has 0 aromatic heterocycles. The molecule has 0 radical (unpaired) electrons. The van der Waals surface area contributed by atoms with Gasteiger partial charge in [-0.2, -0.15) is 0 Å². The molecule has 0 saturated heterocycles. The van der Waals surface area contributed by atoms with E-state index >= 15 is 0 Å². The summed E-state index contributed by atoms with van der Waals surface area (Å²) in [5.41, 5.74) is 12.6. The summed E-state index contributed by atoms with van der Waals surface area (Å²) in [6.45, 7) is 12.4. The van der Waals surface area contributed by atoms with Crippen molar-refractivity contribution in [1.29, 1.82) is 0 Å². The summed E-state index contributed by atoms with van der Waals surface area (Å²) in [5.74, 6) is 0. The van der Waals surface area contributed by atoms with Gasteiger partial charge in [0.25, 0.3) is 0 Å². The Bertz CT molecular complexity index is 1890. The largest absolute Gasteiger partial charge is 0.372 e. The van der Waals surface area contributed by atoms with Crippen molar-refractivity contribution < 1.29 is 0 Å². The Hall–Kier alpha value is -5.42. The molecule has 0 amide bonds. The van der Waals surface area contributed by atoms with Gasteiger partial charge < -0.3 is 15.1 Å². The van der Waals surface area contributed by atoms with Gasteiger partial charge in [0.05, 0.1) is 28.5 Å². The van der Waals surface area contributed by atoms with E-state index in [1.807, 2.05) is 18.2 Å². The van der Waals surface area contributed by atoms with Crippen LogP contribution in [0.15, 0.2) is 149 Å². The van der Waals surface area contributed by atoms with Crippen LogP contribution in [-0.4, -0.2) is 31.1 Å². The fourth-order valence-corrected chi connectivity index (χ4v) is 6.09. The second-order valence-electron chi connectivity index (χ2n) is 11.7. The first-order valence-corrected chi connectivity index (χ1v) is 16.6. The number of aliphatic imine (C=N–C) groups is 2. The highest BCUT2D eigenvalue weighted by molar-refractivity contribution is 6.28. The second kappa shape index (κ2) is 14.8. The number of rotatable bonds is 11. The van der Waals surface area contributed by atoms with Crippen LogP contribution in [-0.2, 0) is 6.54 Å². The molecule has 0 fully saturated rings. The summed E-state index contributed by atoms with van der Waals surface area (Å²) < 4.78 is 0. The summed E-state index contributed by atoms with van der Waals surface area (Å²) in [6.07, 6.45) is 2.16. The van der Waals surface area contributed by atoms with E-state index in [9.17, 15) is 0 Å². The molecule has 5 nitrogen and oxygen atoms in total. The summed E-state index contributed by atoms with van der Waals surface area (Å²) in [7, 11) is 0. The molecule has 47 heavy (non-hydrogen) atoms. The third kappa shape index (κ3) is 7.36. The van der Waals surface area contributed by atoms with E-state index in [0.717, 1.165) is 82.7 Å². The van der Waals surface area contributed by atoms with E-state index in [1.54, 1.807) is 0 Å². The van der Waals surface area contributed by atoms with E-state index < -0.39 is 0 Å². The van der Waals surface area contributed by atoms with Gasteiger partial charge in [-0.15, -0.1) is 0 Å². The van der Waals surface area contributed by atoms with Crippen molar-refractivity contribution in [2.45, 2.75) is 34.2 Å². The highest BCUT2D eigenvalue weighted by atomic mass is 15.1. The number of nitrogens with zero attached hydrogens (tertiary/aromatic N) is 4. The minimum absolute atomic E-state index is 0.839. The molecule has 1 aliphatic carbocycles. The zero-order chi connectivity index (χ0) is 32.6. The van der Waals surface area contributed by atoms with Crippen LogP contribution in [0, 0.1) is 0 Å². The predicted molar refractivity (Wildman–Crippen MR) is 202 cm³/mol. The zero-order valence-electron chi connectivity index (χ0n) is 27.8. The van der Waals surface area contributed by atoms with Gasteiger partial charge in [-0.25, -0.2) is 9.98 Å². The van der Waals surface area contributed by atoms with E-state index in [0.29, 0.717) is 0 Å². The van der Waals surface area contributed by atoms with Crippen molar-refractivity contribution in [1.82, 2.24) is 0 Å². The number of allylic oxidation sites excluding steroid dienone is 2. The molecule has 5 heteroatoms. The fourth-order valence-electron chi connectivity index (χ4n) is 6.09. The molecule has 0 spiro atoms. The Kier molecular flexibility index (Phi) is 9.93. The lowest BCUT2D eigenvalue weighted by Gasteiger charge is -2.25. The van der Waals surface area contributed by atoms with Crippen LogP contribution < -0.4 is 15.1 Å². The molecule has 5 aromatic rings. The van der Waals surface area contributed by atoms with Crippen LogP contribution >= 0.6 is 0 Å². The molecule has 0 heterocycles. The minimum atomic E-state index is 0.839. The van der Waals surface area contributed by atoms with Crippen molar-refractivity contribution in [2.24, 2.45) is 9.98 Å². The number of anilines is 4. The molecule has 0 unspecified atom stereocenters. The fraction of sp³-hybridized carbons (Fsp3) is 0.190. The van der Waals surface area contributed by atoms with Crippen LogP contribution in [0.1, 0.15) is 44.4 Å². The Balaban J connectivity index is 1.38. The first-order chi connectivity index (χ1) is 23.1. The van der Waals surface area contributed by atoms with Crippen LogP contribution in [0.4, 0.5) is 34.1 Å². The van der Waals surface area contributed by atoms with Crippen molar-refractivity contribution in [3.8, 4) is 0 Å². The third-order valence-electron chi connectivity index (χ3n) is 8.64. The van der Waals surface area contributed by atoms with Crippen LogP contribution in [0.2, 0.25) is 0 Å². The van der Waals surface area contributed by atoms with Gasteiger partial charge in [0.2, 0.25) is 0 Å². The lowest BCUT2D eigenvalue weighted by atomic mass is 9.89. The number of benzene rings is 5. The Morgan fingerprint density at radius 3 is 1.89 bits per heavy atom. The van der Waals surface area contributed by atoms with Crippen LogP contribution in [0.5, 0.6) is 0 Å². The predicted octanol–water partition coefficient (Wildman–Crippen LogP) is 10.5. The maximum atomic E-state index is 5.34. The highest BCUT2D eigenvalue weighted by Gasteiger charge is 2.21. The zero-order valence-corrected chi connectivity index (χ0v) is 27.8. The molecule has 0 atom stereocenters. The average molecular weight is 618 g/mol. The smallest absolute Gasteiger partial charge is 0.0873 e. The first kappa shape index (κ1) is 31.6. The summed E-state index contributed by atoms with van der Waals surface area (Å²) in [6, 6.07) is 44.5. The average Bonchev–Trinajstić information content (AvgIpc) is 3.11. The molecule has 6 rings (SSSR count). The number of nitrogens with one attached hydrogen (secondary N) is 1. The van der Waals surface area contributed by atoms with E-state index in [4.69, 9.17) is 9.98 Å². The maximum Gasteiger partial charge on any atom is 0.0873 e. The topological polar surface area (TPSA) is 43.2 Å². The number of hydrogen-bond donors (Lipinski definition) is 1. The summed E-state index contributed by atoms with van der Waals surface area (Å²) in [5, 5.41) is 3.67. The van der Waals surface area contributed by atoms with E-state index in [-0.39, 0.29) is 0 Å². The number of hydrogen-bond acceptors (Lipinski definition) is 5. The SMILES string of the molecule is CCN(CC)c1ccc(N=C2C=C(C)C(=Nc3ccc(N(CC)Cc4ccccc4)cc3Nc3ccccc3)c3ccccc32)cc1. The van der Waals surface area contributed by atoms with Crippen LogP contribution in [0.25, 0.3) is 0 Å². The van der Waals surface area contributed by atoms with Crippen molar-refractivity contribution in [2.75, 3.05) is 34.8 Å². The van der Waals surface area contributed by atoms with Gasteiger partial charge in [0, 0.05) is 54.4 Å². The third-order valence-corrected chi connectivity index (χ3v) is 8.64. The van der Waals surface area contributed by atoms with Gasteiger partial charge in [0.1, 0.15) is 0 Å². The molecule has 1 aliphatic rings. The van der Waals surface area contributed by atoms with Gasteiger partial charge in [0.15, 0.2) is 0 Å². The highest BCUT2D eigenvalue weighted by Crippen LogP contribution is 2.36. The number of fused-ring (bicyclic) bond motifs is 1. The molecule has 0 bridgehead atoms. The second-order valence-corrected chi connectivity index (χ2v) is 11.7. The maximum absolute atomic E-state index is 5.34. The van der Waals surface area contributed by atoms with Crippen LogP contribution in [0.3, 0.4) is 0 Å². The van der Waals surface area contributed by atoms with Gasteiger partial charge in [-0.1, -0.05) is 72.8 Å². The lowest BCUT2D eigenvalue weighted by molar-refractivity contribution is 0.832.